The summed E-state index contributed by atoms with van der Waals surface area (Å²) in [6, 6.07) is 12.2. The van der Waals surface area contributed by atoms with E-state index >= 15 is 0 Å². The molecule has 1 aliphatic heterocycles. The Hall–Kier alpha value is -1.09. The van der Waals surface area contributed by atoms with Crippen molar-refractivity contribution in [3.63, 3.8) is 0 Å². The van der Waals surface area contributed by atoms with Gasteiger partial charge in [0.2, 0.25) is 0 Å². The van der Waals surface area contributed by atoms with Crippen molar-refractivity contribution in [2.45, 2.75) is 13.8 Å². The Balaban J connectivity index is 2.04. The average Bonchev–Trinajstić information content (AvgIpc) is 2.73. The van der Waals surface area contributed by atoms with Crippen LogP contribution in [0.1, 0.15) is 13.8 Å². The minimum absolute atomic E-state index is 0.772. The van der Waals surface area contributed by atoms with E-state index in [4.69, 9.17) is 20.9 Å². The van der Waals surface area contributed by atoms with E-state index in [1.807, 2.05) is 24.3 Å². The van der Waals surface area contributed by atoms with E-state index in [1.165, 1.54) is 0 Å². The summed E-state index contributed by atoms with van der Waals surface area (Å²) in [6.07, 6.45) is 0. The molecule has 0 aliphatic carbocycles. The van der Waals surface area contributed by atoms with Gasteiger partial charge in [-0.05, 0) is 22.9 Å². The molecule has 0 saturated heterocycles. The molecule has 0 unspecified atom stereocenters. The third kappa shape index (κ3) is 2.14. The minimum atomic E-state index is -2.38. The molecule has 0 N–H and O–H groups in total. The zero-order chi connectivity index (χ0) is 13.5. The number of benzene rings is 2. The van der Waals surface area contributed by atoms with Crippen LogP contribution in [0.15, 0.2) is 36.4 Å². The van der Waals surface area contributed by atoms with E-state index in [9.17, 15) is 0 Å². The van der Waals surface area contributed by atoms with Crippen molar-refractivity contribution < 1.29 is 9.05 Å². The molecule has 0 saturated carbocycles. The molecule has 0 amide bonds. The first-order valence-corrected chi connectivity index (χ1v) is 9.03. The molecule has 3 nitrogen and oxygen atoms in total. The molecule has 2 aromatic carbocycles. The Morgan fingerprint density at radius 2 is 1.47 bits per heavy atom. The van der Waals surface area contributed by atoms with Gasteiger partial charge < -0.3 is 9.05 Å². The molecule has 2 aromatic rings. The van der Waals surface area contributed by atoms with Gasteiger partial charge in [-0.2, -0.15) is 0 Å². The molecule has 0 spiro atoms. The molecule has 100 valence electrons. The van der Waals surface area contributed by atoms with E-state index in [0.717, 1.165) is 35.4 Å². The lowest BCUT2D eigenvalue weighted by molar-refractivity contribution is 0.403. The summed E-state index contributed by atoms with van der Waals surface area (Å²) in [4.78, 5) is 0. The zero-order valence-electron chi connectivity index (χ0n) is 11.0. The summed E-state index contributed by atoms with van der Waals surface area (Å²) in [5.41, 5.74) is 0. The van der Waals surface area contributed by atoms with Gasteiger partial charge in [-0.25, -0.2) is 4.67 Å². The highest BCUT2D eigenvalue weighted by atomic mass is 32.5. The fourth-order valence-electron chi connectivity index (χ4n) is 2.29. The van der Waals surface area contributed by atoms with Crippen molar-refractivity contribution >= 4 is 29.2 Å². The van der Waals surface area contributed by atoms with Crippen molar-refractivity contribution in [1.82, 2.24) is 4.67 Å². The Kier molecular flexibility index (Phi) is 3.25. The summed E-state index contributed by atoms with van der Waals surface area (Å²) < 4.78 is 14.0. The van der Waals surface area contributed by atoms with Gasteiger partial charge in [-0.15, -0.1) is 0 Å². The van der Waals surface area contributed by atoms with Gasteiger partial charge in [-0.3, -0.25) is 0 Å². The molecular formula is C14H16NO2PS. The summed E-state index contributed by atoms with van der Waals surface area (Å²) >= 11 is 5.62. The van der Waals surface area contributed by atoms with Gasteiger partial charge in [0.05, 0.1) is 0 Å². The van der Waals surface area contributed by atoms with Crippen LogP contribution in [0.25, 0.3) is 10.8 Å². The first kappa shape index (κ1) is 12.9. The third-order valence-corrected chi connectivity index (χ3v) is 6.57. The molecule has 3 rings (SSSR count). The van der Waals surface area contributed by atoms with Gasteiger partial charge in [0.25, 0.3) is 0 Å². The van der Waals surface area contributed by atoms with E-state index in [0.29, 0.717) is 0 Å². The van der Waals surface area contributed by atoms with E-state index in [-0.39, 0.29) is 0 Å². The van der Waals surface area contributed by atoms with Crippen molar-refractivity contribution in [2.75, 3.05) is 13.1 Å². The maximum atomic E-state index is 5.98. The van der Waals surface area contributed by atoms with Gasteiger partial charge in [0.15, 0.2) is 11.5 Å². The lowest BCUT2D eigenvalue weighted by atomic mass is 10.1. The fraction of sp³-hybridized carbons (Fsp3) is 0.286. The second kappa shape index (κ2) is 4.78. The van der Waals surface area contributed by atoms with Crippen molar-refractivity contribution in [1.29, 1.82) is 0 Å². The van der Waals surface area contributed by atoms with Crippen molar-refractivity contribution in [3.8, 4) is 11.5 Å². The van der Waals surface area contributed by atoms with Crippen LogP contribution in [0.2, 0.25) is 0 Å². The molecule has 0 atom stereocenters. The van der Waals surface area contributed by atoms with E-state index < -0.39 is 6.64 Å². The van der Waals surface area contributed by atoms with Gasteiger partial charge in [0.1, 0.15) is 0 Å². The molecule has 1 heterocycles. The number of fused-ring (bicyclic) bond motifs is 2. The zero-order valence-corrected chi connectivity index (χ0v) is 12.7. The minimum Gasteiger partial charge on any atom is -0.420 e. The Morgan fingerprint density at radius 1 is 1.00 bits per heavy atom. The number of nitrogens with zero attached hydrogens (tertiary/aromatic N) is 1. The monoisotopic (exact) mass is 293 g/mol. The summed E-state index contributed by atoms with van der Waals surface area (Å²) in [5, 5.41) is 2.29. The maximum Gasteiger partial charge on any atom is 0.368 e. The van der Waals surface area contributed by atoms with Crippen LogP contribution in [0.5, 0.6) is 11.5 Å². The molecule has 0 radical (unpaired) electrons. The van der Waals surface area contributed by atoms with Crippen LogP contribution < -0.4 is 9.05 Å². The topological polar surface area (TPSA) is 21.7 Å². The molecule has 0 aromatic heterocycles. The predicted octanol–water partition coefficient (Wildman–Crippen LogP) is 4.18. The van der Waals surface area contributed by atoms with Crippen molar-refractivity contribution in [2.24, 2.45) is 0 Å². The first-order chi connectivity index (χ1) is 9.16. The second-order valence-electron chi connectivity index (χ2n) is 4.44. The lowest BCUT2D eigenvalue weighted by Gasteiger charge is -2.26. The van der Waals surface area contributed by atoms with Crippen molar-refractivity contribution in [3.05, 3.63) is 36.4 Å². The normalized spacial score (nSPS) is 16.2. The summed E-state index contributed by atoms with van der Waals surface area (Å²) in [7, 11) is 0. The Labute approximate surface area is 118 Å². The summed E-state index contributed by atoms with van der Waals surface area (Å²) in [6.45, 7) is 3.43. The molecule has 0 bridgehead atoms. The van der Waals surface area contributed by atoms with Crippen LogP contribution in [-0.4, -0.2) is 17.8 Å². The number of hydrogen-bond acceptors (Lipinski definition) is 3. The third-order valence-electron chi connectivity index (χ3n) is 3.32. The van der Waals surface area contributed by atoms with Gasteiger partial charge in [-0.1, -0.05) is 38.1 Å². The first-order valence-electron chi connectivity index (χ1n) is 6.43. The Bertz CT molecular complexity index is 621. The van der Waals surface area contributed by atoms with Crippen LogP contribution in [-0.2, 0) is 11.8 Å². The number of hydrogen-bond donors (Lipinski definition) is 0. The fourth-order valence-corrected chi connectivity index (χ4v) is 5.21. The predicted molar refractivity (Wildman–Crippen MR) is 82.4 cm³/mol. The molecule has 0 fully saturated rings. The maximum absolute atomic E-state index is 5.98. The van der Waals surface area contributed by atoms with Gasteiger partial charge in [0, 0.05) is 24.9 Å². The molecule has 19 heavy (non-hydrogen) atoms. The van der Waals surface area contributed by atoms with Crippen LogP contribution in [0.4, 0.5) is 0 Å². The lowest BCUT2D eigenvalue weighted by Crippen LogP contribution is -2.22. The SMILES string of the molecule is CCN(CC)P1(=S)Oc2cc3ccccc3cc2O1. The molecule has 5 heteroatoms. The van der Waals surface area contributed by atoms with Crippen LogP contribution in [0.3, 0.4) is 0 Å². The highest BCUT2D eigenvalue weighted by Crippen LogP contribution is 2.61. The van der Waals surface area contributed by atoms with Crippen LogP contribution in [0, 0.1) is 0 Å². The summed E-state index contributed by atoms with van der Waals surface area (Å²) in [5.74, 6) is 1.54. The van der Waals surface area contributed by atoms with Gasteiger partial charge >= 0.3 is 6.64 Å². The second-order valence-corrected chi connectivity index (χ2v) is 7.69. The Morgan fingerprint density at radius 3 is 1.89 bits per heavy atom. The highest BCUT2D eigenvalue weighted by molar-refractivity contribution is 8.09. The average molecular weight is 293 g/mol. The van der Waals surface area contributed by atoms with Crippen LogP contribution >= 0.6 is 6.64 Å². The largest absolute Gasteiger partial charge is 0.420 e. The standard InChI is InChI=1S/C14H16NO2PS/c1-3-15(4-2)18(19)16-13-9-11-7-5-6-8-12(11)10-14(13)17-18/h5-10H,3-4H2,1-2H3. The molecule has 1 aliphatic rings. The quantitative estimate of drug-likeness (QED) is 0.791. The number of rotatable bonds is 3. The van der Waals surface area contributed by atoms with E-state index in [1.54, 1.807) is 0 Å². The molecular weight excluding hydrogens is 277 g/mol. The smallest absolute Gasteiger partial charge is 0.368 e. The highest BCUT2D eigenvalue weighted by Gasteiger charge is 2.36. The van der Waals surface area contributed by atoms with E-state index in [2.05, 4.69) is 30.7 Å².